The van der Waals surface area contributed by atoms with Crippen molar-refractivity contribution in [2.75, 3.05) is 32.7 Å². The third-order valence-corrected chi connectivity index (χ3v) is 7.02. The SMILES string of the molecule is Cc1ccc([C@H](C)CCN2CCC(N3CCC(C(=O)NC4CC4)CC3)CC2)o1. The van der Waals surface area contributed by atoms with E-state index in [1.807, 2.05) is 6.92 Å². The van der Waals surface area contributed by atoms with Gasteiger partial charge >= 0.3 is 0 Å². The van der Waals surface area contributed by atoms with E-state index >= 15 is 0 Å². The second kappa shape index (κ2) is 9.00. The first kappa shape index (κ1) is 20.0. The Kier molecular flexibility index (Phi) is 6.42. The number of hydrogen-bond donors (Lipinski definition) is 1. The van der Waals surface area contributed by atoms with E-state index in [1.165, 1.54) is 45.2 Å². The van der Waals surface area contributed by atoms with Crippen LogP contribution in [0, 0.1) is 12.8 Å². The minimum Gasteiger partial charge on any atom is -0.466 e. The molecule has 0 aromatic carbocycles. The van der Waals surface area contributed by atoms with Gasteiger partial charge in [-0.05, 0) is 96.7 Å². The number of nitrogens with zero attached hydrogens (tertiary/aromatic N) is 2. The number of rotatable bonds is 7. The summed E-state index contributed by atoms with van der Waals surface area (Å²) in [6.07, 6.45) is 8.16. The lowest BCUT2D eigenvalue weighted by molar-refractivity contribution is -0.126. The summed E-state index contributed by atoms with van der Waals surface area (Å²) < 4.78 is 5.78. The molecule has 1 aliphatic carbocycles. The molecule has 0 spiro atoms. The Balaban J connectivity index is 1.14. The number of nitrogens with one attached hydrogen (secondary N) is 1. The van der Waals surface area contributed by atoms with Crippen molar-refractivity contribution in [1.82, 2.24) is 15.1 Å². The van der Waals surface area contributed by atoms with Gasteiger partial charge in [0.25, 0.3) is 0 Å². The van der Waals surface area contributed by atoms with Gasteiger partial charge in [-0.2, -0.15) is 0 Å². The summed E-state index contributed by atoms with van der Waals surface area (Å²) in [6.45, 7) is 10.1. The standard InChI is InChI=1S/C23H37N3O2/c1-17(22-6-3-18(2)28-22)7-12-25-13-10-21(11-14-25)26-15-8-19(9-16-26)23(27)24-20-4-5-20/h3,6,17,19-21H,4-5,7-16H2,1-2H3,(H,24,27)/t17-/m1/s1. The van der Waals surface area contributed by atoms with Crippen molar-refractivity contribution in [3.8, 4) is 0 Å². The first-order valence-electron chi connectivity index (χ1n) is 11.4. The van der Waals surface area contributed by atoms with Crippen LogP contribution >= 0.6 is 0 Å². The van der Waals surface area contributed by atoms with Gasteiger partial charge in [0.15, 0.2) is 0 Å². The molecule has 1 N–H and O–H groups in total. The van der Waals surface area contributed by atoms with E-state index in [0.29, 0.717) is 23.9 Å². The maximum atomic E-state index is 12.3. The van der Waals surface area contributed by atoms with E-state index < -0.39 is 0 Å². The summed E-state index contributed by atoms with van der Waals surface area (Å²) in [5, 5.41) is 3.19. The summed E-state index contributed by atoms with van der Waals surface area (Å²) in [4.78, 5) is 17.5. The molecule has 1 saturated carbocycles. The van der Waals surface area contributed by atoms with Gasteiger partial charge in [-0.15, -0.1) is 0 Å². The number of amides is 1. The summed E-state index contributed by atoms with van der Waals surface area (Å²) in [5.74, 6) is 3.20. The maximum absolute atomic E-state index is 12.3. The van der Waals surface area contributed by atoms with Crippen LogP contribution in [0.2, 0.25) is 0 Å². The minimum atomic E-state index is 0.253. The number of aryl methyl sites for hydroxylation is 1. The molecule has 1 aromatic heterocycles. The van der Waals surface area contributed by atoms with Crippen LogP contribution in [0.25, 0.3) is 0 Å². The van der Waals surface area contributed by atoms with Crippen molar-refractivity contribution < 1.29 is 9.21 Å². The fourth-order valence-electron chi connectivity index (χ4n) is 4.82. The van der Waals surface area contributed by atoms with Gasteiger partial charge in [0.1, 0.15) is 11.5 Å². The molecule has 0 radical (unpaired) electrons. The van der Waals surface area contributed by atoms with Crippen molar-refractivity contribution in [3.63, 3.8) is 0 Å². The van der Waals surface area contributed by atoms with Crippen LogP contribution in [0.1, 0.15) is 69.3 Å². The Bertz CT molecular complexity index is 638. The van der Waals surface area contributed by atoms with Crippen molar-refractivity contribution in [1.29, 1.82) is 0 Å². The normalized spacial score (nSPS) is 24.4. The molecular formula is C23H37N3O2. The van der Waals surface area contributed by atoms with Crippen molar-refractivity contribution in [3.05, 3.63) is 23.7 Å². The summed E-state index contributed by atoms with van der Waals surface area (Å²) in [6, 6.07) is 5.40. The molecule has 0 unspecified atom stereocenters. The molecule has 1 aromatic rings. The largest absolute Gasteiger partial charge is 0.466 e. The Morgan fingerprint density at radius 2 is 1.82 bits per heavy atom. The van der Waals surface area contributed by atoms with E-state index in [2.05, 4.69) is 34.2 Å². The van der Waals surface area contributed by atoms with E-state index in [1.54, 1.807) is 0 Å². The summed E-state index contributed by atoms with van der Waals surface area (Å²) in [7, 11) is 0. The van der Waals surface area contributed by atoms with Crippen LogP contribution in [0.4, 0.5) is 0 Å². The third kappa shape index (κ3) is 5.18. The molecule has 1 atom stereocenters. The fourth-order valence-corrected chi connectivity index (χ4v) is 4.82. The van der Waals surface area contributed by atoms with E-state index in [9.17, 15) is 4.79 Å². The highest BCUT2D eigenvalue weighted by atomic mass is 16.3. The molecule has 3 fully saturated rings. The molecule has 5 nitrogen and oxygen atoms in total. The molecule has 5 heteroatoms. The minimum absolute atomic E-state index is 0.253. The van der Waals surface area contributed by atoms with Gasteiger partial charge < -0.3 is 19.5 Å². The van der Waals surface area contributed by atoms with Crippen LogP contribution in [0.15, 0.2) is 16.5 Å². The average Bonchev–Trinajstić information content (AvgIpc) is 3.43. The Hall–Kier alpha value is -1.33. The second-order valence-electron chi connectivity index (χ2n) is 9.30. The smallest absolute Gasteiger partial charge is 0.223 e. The zero-order chi connectivity index (χ0) is 19.5. The highest BCUT2D eigenvalue weighted by Crippen LogP contribution is 2.27. The highest BCUT2D eigenvalue weighted by Gasteiger charge is 2.32. The molecule has 3 heterocycles. The molecule has 28 heavy (non-hydrogen) atoms. The van der Waals surface area contributed by atoms with Gasteiger partial charge in [0.05, 0.1) is 0 Å². The molecule has 2 saturated heterocycles. The highest BCUT2D eigenvalue weighted by molar-refractivity contribution is 5.79. The average molecular weight is 388 g/mol. The predicted octanol–water partition coefficient (Wildman–Crippen LogP) is 3.54. The van der Waals surface area contributed by atoms with Gasteiger partial charge in [-0.3, -0.25) is 4.79 Å². The quantitative estimate of drug-likeness (QED) is 0.777. The molecule has 2 aliphatic heterocycles. The van der Waals surface area contributed by atoms with E-state index in [-0.39, 0.29) is 5.92 Å². The first-order valence-corrected chi connectivity index (χ1v) is 11.4. The summed E-state index contributed by atoms with van der Waals surface area (Å²) in [5.41, 5.74) is 0. The van der Waals surface area contributed by atoms with Gasteiger partial charge in [0.2, 0.25) is 5.91 Å². The topological polar surface area (TPSA) is 48.7 Å². The number of piperidine rings is 2. The van der Waals surface area contributed by atoms with E-state index in [0.717, 1.165) is 44.0 Å². The van der Waals surface area contributed by atoms with Crippen LogP contribution in [0.5, 0.6) is 0 Å². The van der Waals surface area contributed by atoms with Crippen molar-refractivity contribution in [2.45, 2.75) is 76.8 Å². The molecule has 156 valence electrons. The number of carbonyl (C=O) groups excluding carboxylic acids is 1. The van der Waals surface area contributed by atoms with Crippen molar-refractivity contribution in [2.24, 2.45) is 5.92 Å². The number of hydrogen-bond acceptors (Lipinski definition) is 4. The zero-order valence-electron chi connectivity index (χ0n) is 17.7. The third-order valence-electron chi connectivity index (χ3n) is 7.02. The summed E-state index contributed by atoms with van der Waals surface area (Å²) >= 11 is 0. The van der Waals surface area contributed by atoms with Crippen LogP contribution in [-0.4, -0.2) is 60.5 Å². The van der Waals surface area contributed by atoms with Gasteiger partial charge in [-0.1, -0.05) is 6.92 Å². The molecular weight excluding hydrogens is 350 g/mol. The van der Waals surface area contributed by atoms with Crippen LogP contribution in [0.3, 0.4) is 0 Å². The number of furan rings is 1. The van der Waals surface area contributed by atoms with Gasteiger partial charge in [0, 0.05) is 23.9 Å². The first-order chi connectivity index (χ1) is 13.6. The lowest BCUT2D eigenvalue weighted by Gasteiger charge is -2.41. The lowest BCUT2D eigenvalue weighted by Crippen LogP contribution is -2.49. The molecule has 1 amide bonds. The molecule has 3 aliphatic rings. The lowest BCUT2D eigenvalue weighted by atomic mass is 9.92. The van der Waals surface area contributed by atoms with Crippen LogP contribution < -0.4 is 5.32 Å². The molecule has 4 rings (SSSR count). The van der Waals surface area contributed by atoms with E-state index in [4.69, 9.17) is 4.42 Å². The zero-order valence-corrected chi connectivity index (χ0v) is 17.7. The fraction of sp³-hybridized carbons (Fsp3) is 0.783. The number of likely N-dealkylation sites (tertiary alicyclic amines) is 2. The Morgan fingerprint density at radius 3 is 2.43 bits per heavy atom. The predicted molar refractivity (Wildman–Crippen MR) is 111 cm³/mol. The Labute approximate surface area is 169 Å². The Morgan fingerprint density at radius 1 is 1.11 bits per heavy atom. The second-order valence-corrected chi connectivity index (χ2v) is 9.30. The van der Waals surface area contributed by atoms with Gasteiger partial charge in [-0.25, -0.2) is 0 Å². The van der Waals surface area contributed by atoms with Crippen LogP contribution in [-0.2, 0) is 4.79 Å². The molecule has 0 bridgehead atoms. The van der Waals surface area contributed by atoms with Crippen molar-refractivity contribution >= 4 is 5.91 Å². The maximum Gasteiger partial charge on any atom is 0.223 e. The number of carbonyl (C=O) groups is 1. The monoisotopic (exact) mass is 387 g/mol.